The van der Waals surface area contributed by atoms with Crippen LogP contribution in [-0.2, 0) is 11.3 Å². The zero-order chi connectivity index (χ0) is 16.9. The van der Waals surface area contributed by atoms with Crippen molar-refractivity contribution in [3.63, 3.8) is 0 Å². The average molecular weight is 320 g/mol. The predicted molar refractivity (Wildman–Crippen MR) is 92.1 cm³/mol. The molecule has 5 nitrogen and oxygen atoms in total. The van der Waals surface area contributed by atoms with Gasteiger partial charge >= 0.3 is 0 Å². The Labute approximate surface area is 141 Å². The number of carbonyl (C=O) groups excluding carboxylic acids is 1. The summed E-state index contributed by atoms with van der Waals surface area (Å²) in [6, 6.07) is 14.0. The number of anilines is 1. The minimum atomic E-state index is 0.184. The fraction of sp³-hybridized carbons (Fsp3) is 0.316. The van der Waals surface area contributed by atoms with E-state index in [1.54, 1.807) is 6.20 Å². The quantitative estimate of drug-likeness (QED) is 0.919. The number of benzene rings is 1. The van der Waals surface area contributed by atoms with Crippen molar-refractivity contribution in [3.05, 3.63) is 59.3 Å². The molecule has 1 aromatic heterocycles. The number of amides is 1. The Morgan fingerprint density at radius 3 is 2.88 bits per heavy atom. The molecule has 1 amide bonds. The van der Waals surface area contributed by atoms with Gasteiger partial charge in [0.2, 0.25) is 5.91 Å². The van der Waals surface area contributed by atoms with Crippen LogP contribution in [0.2, 0.25) is 0 Å². The van der Waals surface area contributed by atoms with Crippen molar-refractivity contribution in [2.45, 2.75) is 19.9 Å². The number of hydrogen-bond donors (Lipinski definition) is 1. The van der Waals surface area contributed by atoms with Gasteiger partial charge in [0.15, 0.2) is 0 Å². The third-order valence-corrected chi connectivity index (χ3v) is 4.34. The summed E-state index contributed by atoms with van der Waals surface area (Å²) in [6.07, 6.45) is 2.23. The van der Waals surface area contributed by atoms with Gasteiger partial charge in [0, 0.05) is 38.2 Å². The molecule has 2 aromatic rings. The molecule has 0 bridgehead atoms. The summed E-state index contributed by atoms with van der Waals surface area (Å²) in [6.45, 7) is 3.92. The molecule has 1 aliphatic rings. The molecule has 1 saturated heterocycles. The third-order valence-electron chi connectivity index (χ3n) is 4.34. The molecule has 1 aromatic carbocycles. The van der Waals surface area contributed by atoms with E-state index in [9.17, 15) is 10.1 Å². The van der Waals surface area contributed by atoms with Crippen LogP contribution in [-0.4, -0.2) is 28.9 Å². The Morgan fingerprint density at radius 2 is 2.12 bits per heavy atom. The number of carbonyl (C=O) groups is 1. The Morgan fingerprint density at radius 1 is 1.33 bits per heavy atom. The second kappa shape index (κ2) is 7.14. The lowest BCUT2D eigenvalue weighted by Gasteiger charge is -2.17. The van der Waals surface area contributed by atoms with Crippen LogP contribution in [0.15, 0.2) is 42.6 Å². The van der Waals surface area contributed by atoms with E-state index in [1.807, 2.05) is 48.2 Å². The topological polar surface area (TPSA) is 69.0 Å². The van der Waals surface area contributed by atoms with Gasteiger partial charge in [0.1, 0.15) is 11.9 Å². The lowest BCUT2D eigenvalue weighted by molar-refractivity contribution is -0.128. The molecule has 0 unspecified atom stereocenters. The Hall–Kier alpha value is -2.87. The van der Waals surface area contributed by atoms with Crippen molar-refractivity contribution in [2.24, 2.45) is 5.92 Å². The summed E-state index contributed by atoms with van der Waals surface area (Å²) in [5.74, 6) is 1.02. The highest BCUT2D eigenvalue weighted by atomic mass is 16.2. The van der Waals surface area contributed by atoms with Gasteiger partial charge in [-0.15, -0.1) is 0 Å². The molecule has 24 heavy (non-hydrogen) atoms. The summed E-state index contributed by atoms with van der Waals surface area (Å²) in [7, 11) is 0. The van der Waals surface area contributed by atoms with Crippen molar-refractivity contribution >= 4 is 11.7 Å². The first kappa shape index (κ1) is 16.0. The highest BCUT2D eigenvalue weighted by molar-refractivity contribution is 5.78. The van der Waals surface area contributed by atoms with Crippen molar-refractivity contribution in [3.8, 4) is 6.07 Å². The van der Waals surface area contributed by atoms with Gasteiger partial charge < -0.3 is 10.2 Å². The first-order valence-electron chi connectivity index (χ1n) is 8.08. The zero-order valence-corrected chi connectivity index (χ0v) is 13.7. The van der Waals surface area contributed by atoms with Gasteiger partial charge in [0.05, 0.1) is 5.56 Å². The van der Waals surface area contributed by atoms with Crippen LogP contribution >= 0.6 is 0 Å². The molecule has 0 saturated carbocycles. The number of nitrogens with zero attached hydrogens (tertiary/aromatic N) is 3. The highest BCUT2D eigenvalue weighted by Crippen LogP contribution is 2.22. The molecular weight excluding hydrogens is 300 g/mol. The van der Waals surface area contributed by atoms with Crippen LogP contribution in [0.3, 0.4) is 0 Å². The van der Waals surface area contributed by atoms with E-state index in [4.69, 9.17) is 0 Å². The number of aryl methyl sites for hydroxylation is 1. The summed E-state index contributed by atoms with van der Waals surface area (Å²) in [5.41, 5.74) is 2.62. The highest BCUT2D eigenvalue weighted by Gasteiger charge is 2.29. The van der Waals surface area contributed by atoms with Gasteiger partial charge in [-0.2, -0.15) is 5.26 Å². The Kier molecular flexibility index (Phi) is 4.76. The van der Waals surface area contributed by atoms with E-state index in [0.717, 1.165) is 17.7 Å². The molecule has 0 aliphatic carbocycles. The maximum absolute atomic E-state index is 12.2. The molecule has 5 heteroatoms. The van der Waals surface area contributed by atoms with Crippen molar-refractivity contribution in [1.29, 1.82) is 5.26 Å². The summed E-state index contributed by atoms with van der Waals surface area (Å²) < 4.78 is 0. The Balaban J connectivity index is 1.59. The van der Waals surface area contributed by atoms with Gasteiger partial charge in [-0.3, -0.25) is 4.79 Å². The molecule has 1 fully saturated rings. The van der Waals surface area contributed by atoms with E-state index in [-0.39, 0.29) is 11.8 Å². The fourth-order valence-corrected chi connectivity index (χ4v) is 3.02. The second-order valence-corrected chi connectivity index (χ2v) is 6.17. The summed E-state index contributed by atoms with van der Waals surface area (Å²) >= 11 is 0. The van der Waals surface area contributed by atoms with Gasteiger partial charge in [-0.25, -0.2) is 4.98 Å². The number of nitriles is 1. The smallest absolute Gasteiger partial charge is 0.223 e. The zero-order valence-electron chi connectivity index (χ0n) is 13.7. The predicted octanol–water partition coefficient (Wildman–Crippen LogP) is 2.72. The van der Waals surface area contributed by atoms with E-state index < -0.39 is 0 Å². The molecule has 0 radical (unpaired) electrons. The minimum Gasteiger partial charge on any atom is -0.369 e. The molecule has 1 atom stereocenters. The van der Waals surface area contributed by atoms with Crippen LogP contribution < -0.4 is 5.32 Å². The first-order valence-corrected chi connectivity index (χ1v) is 8.08. The molecule has 1 N–H and O–H groups in total. The molecule has 3 rings (SSSR count). The molecule has 1 aliphatic heterocycles. The van der Waals surface area contributed by atoms with Crippen LogP contribution in [0.5, 0.6) is 0 Å². The first-order chi connectivity index (χ1) is 11.7. The third kappa shape index (κ3) is 3.54. The largest absolute Gasteiger partial charge is 0.369 e. The average Bonchev–Trinajstić information content (AvgIpc) is 2.94. The van der Waals surface area contributed by atoms with Crippen LogP contribution in [0.4, 0.5) is 5.82 Å². The maximum Gasteiger partial charge on any atom is 0.223 e. The number of hydrogen-bond acceptors (Lipinski definition) is 4. The van der Waals surface area contributed by atoms with Crippen molar-refractivity contribution in [2.75, 3.05) is 18.4 Å². The lowest BCUT2D eigenvalue weighted by atomic mass is 10.1. The molecule has 2 heterocycles. The normalized spacial score (nSPS) is 16.9. The van der Waals surface area contributed by atoms with Gasteiger partial charge in [0.25, 0.3) is 0 Å². The molecule has 122 valence electrons. The van der Waals surface area contributed by atoms with E-state index in [0.29, 0.717) is 30.9 Å². The number of aromatic nitrogens is 1. The second-order valence-electron chi connectivity index (χ2n) is 6.17. The number of rotatable bonds is 5. The van der Waals surface area contributed by atoms with E-state index in [2.05, 4.69) is 16.4 Å². The van der Waals surface area contributed by atoms with Crippen LogP contribution in [0.1, 0.15) is 23.1 Å². The summed E-state index contributed by atoms with van der Waals surface area (Å²) in [4.78, 5) is 18.4. The monoisotopic (exact) mass is 320 g/mol. The number of nitrogens with one attached hydrogen (secondary N) is 1. The van der Waals surface area contributed by atoms with Gasteiger partial charge in [-0.1, -0.05) is 30.3 Å². The van der Waals surface area contributed by atoms with Crippen LogP contribution in [0.25, 0.3) is 0 Å². The number of pyridine rings is 1. The fourth-order valence-electron chi connectivity index (χ4n) is 3.02. The van der Waals surface area contributed by atoms with Crippen molar-refractivity contribution in [1.82, 2.24) is 9.88 Å². The van der Waals surface area contributed by atoms with Crippen LogP contribution in [0, 0.1) is 24.2 Å². The molecular formula is C19H20N4O. The standard InChI is InChI=1S/C19H20N4O/c1-14-7-8-21-19(17(14)10-20)22-11-16-9-18(24)23(13-16)12-15-5-3-2-4-6-15/h2-8,16H,9,11-13H2,1H3,(H,21,22)/t16-/m1/s1. The maximum atomic E-state index is 12.2. The number of likely N-dealkylation sites (tertiary alicyclic amines) is 1. The van der Waals surface area contributed by atoms with E-state index >= 15 is 0 Å². The molecule has 0 spiro atoms. The van der Waals surface area contributed by atoms with Crippen molar-refractivity contribution < 1.29 is 4.79 Å². The SMILES string of the molecule is Cc1ccnc(NC[C@H]2CC(=O)N(Cc3ccccc3)C2)c1C#N. The lowest BCUT2D eigenvalue weighted by Crippen LogP contribution is -2.25. The van der Waals surface area contributed by atoms with Gasteiger partial charge in [-0.05, 0) is 24.1 Å². The van der Waals surface area contributed by atoms with E-state index in [1.165, 1.54) is 0 Å². The minimum absolute atomic E-state index is 0.184. The summed E-state index contributed by atoms with van der Waals surface area (Å²) in [5, 5.41) is 12.5. The Bertz CT molecular complexity index is 767.